The van der Waals surface area contributed by atoms with Crippen molar-refractivity contribution >= 4 is 34.1 Å². The standard InChI is InChI=1S/C27H36ClN3O4/c1-26(2)7-4-18(14-35-26)25(33)30-24-12-19-10-21(22(28)11-20(19)13-29-24)17-5-8-31(9-6-17)27(3)16-34-15-23(27)32/h10-13,17-18,23,32H,4-9,14-16H2,1-3H3,(H,29,30,33). The van der Waals surface area contributed by atoms with Crippen LogP contribution in [0, 0.1) is 5.92 Å². The van der Waals surface area contributed by atoms with Crippen LogP contribution in [0.25, 0.3) is 10.8 Å². The number of hydrogen-bond donors (Lipinski definition) is 2. The third kappa shape index (κ3) is 5.07. The molecule has 2 N–H and O–H groups in total. The second kappa shape index (κ2) is 9.60. The van der Waals surface area contributed by atoms with Crippen LogP contribution in [0.4, 0.5) is 5.82 Å². The molecule has 3 aliphatic heterocycles. The number of carbonyl (C=O) groups is 1. The molecule has 1 aromatic heterocycles. The van der Waals surface area contributed by atoms with Crippen LogP contribution in [-0.2, 0) is 14.3 Å². The van der Waals surface area contributed by atoms with Gasteiger partial charge in [0.15, 0.2) is 0 Å². The molecular formula is C27H36ClN3O4. The van der Waals surface area contributed by atoms with Gasteiger partial charge in [0, 0.05) is 16.6 Å². The van der Waals surface area contributed by atoms with E-state index >= 15 is 0 Å². The number of carbonyl (C=O) groups excluding carboxylic acids is 1. The molecule has 3 fully saturated rings. The molecule has 8 heteroatoms. The first-order valence-corrected chi connectivity index (χ1v) is 13.1. The molecule has 0 radical (unpaired) electrons. The van der Waals surface area contributed by atoms with Crippen LogP contribution in [0.3, 0.4) is 0 Å². The zero-order valence-electron chi connectivity index (χ0n) is 20.8. The van der Waals surface area contributed by atoms with E-state index in [-0.39, 0.29) is 23.0 Å². The van der Waals surface area contributed by atoms with Crippen molar-refractivity contribution in [3.8, 4) is 0 Å². The summed E-state index contributed by atoms with van der Waals surface area (Å²) < 4.78 is 11.4. The molecule has 7 nitrogen and oxygen atoms in total. The summed E-state index contributed by atoms with van der Waals surface area (Å²) in [5.41, 5.74) is 0.668. The van der Waals surface area contributed by atoms with Gasteiger partial charge >= 0.3 is 0 Å². The van der Waals surface area contributed by atoms with Crippen LogP contribution in [0.2, 0.25) is 5.02 Å². The molecule has 5 rings (SSSR count). The van der Waals surface area contributed by atoms with Gasteiger partial charge in [0.1, 0.15) is 5.82 Å². The molecule has 1 aromatic carbocycles. The second-order valence-electron chi connectivity index (χ2n) is 11.2. The van der Waals surface area contributed by atoms with E-state index in [9.17, 15) is 9.90 Å². The number of fused-ring (bicyclic) bond motifs is 1. The van der Waals surface area contributed by atoms with E-state index in [1.807, 2.05) is 12.1 Å². The van der Waals surface area contributed by atoms with Gasteiger partial charge in [-0.3, -0.25) is 9.69 Å². The largest absolute Gasteiger partial charge is 0.389 e. The van der Waals surface area contributed by atoms with Gasteiger partial charge in [-0.1, -0.05) is 11.6 Å². The molecule has 1 amide bonds. The van der Waals surface area contributed by atoms with Gasteiger partial charge in [-0.15, -0.1) is 0 Å². The van der Waals surface area contributed by atoms with Crippen molar-refractivity contribution in [1.82, 2.24) is 9.88 Å². The minimum Gasteiger partial charge on any atom is -0.389 e. The number of benzene rings is 1. The monoisotopic (exact) mass is 501 g/mol. The number of likely N-dealkylation sites (tertiary alicyclic amines) is 1. The Labute approximate surface area is 212 Å². The fraction of sp³-hybridized carbons (Fsp3) is 0.630. The van der Waals surface area contributed by atoms with E-state index in [0.717, 1.165) is 60.1 Å². The second-order valence-corrected chi connectivity index (χ2v) is 11.6. The molecule has 0 aliphatic carbocycles. The number of aliphatic hydroxyl groups is 1. The number of aromatic nitrogens is 1. The van der Waals surface area contributed by atoms with Crippen molar-refractivity contribution in [2.45, 2.75) is 69.6 Å². The van der Waals surface area contributed by atoms with Gasteiger partial charge in [-0.25, -0.2) is 4.98 Å². The minimum atomic E-state index is -0.448. The number of amides is 1. The molecule has 4 heterocycles. The molecular weight excluding hydrogens is 466 g/mol. The highest BCUT2D eigenvalue weighted by molar-refractivity contribution is 6.32. The summed E-state index contributed by atoms with van der Waals surface area (Å²) in [5, 5.41) is 16.1. The first-order valence-electron chi connectivity index (χ1n) is 12.7. The average Bonchev–Trinajstić information content (AvgIpc) is 3.18. The van der Waals surface area contributed by atoms with Crippen LogP contribution >= 0.6 is 11.6 Å². The summed E-state index contributed by atoms with van der Waals surface area (Å²) in [6.45, 7) is 9.43. The van der Waals surface area contributed by atoms with E-state index in [4.69, 9.17) is 21.1 Å². The minimum absolute atomic E-state index is 0.0412. The Balaban J connectivity index is 1.28. The van der Waals surface area contributed by atoms with Gasteiger partial charge in [0.05, 0.1) is 43.0 Å². The predicted molar refractivity (Wildman–Crippen MR) is 137 cm³/mol. The Kier molecular flexibility index (Phi) is 6.83. The van der Waals surface area contributed by atoms with Crippen LogP contribution in [-0.4, -0.2) is 71.1 Å². The molecule has 0 bridgehead atoms. The maximum Gasteiger partial charge on any atom is 0.230 e. The molecule has 35 heavy (non-hydrogen) atoms. The predicted octanol–water partition coefficient (Wildman–Crippen LogP) is 4.36. The number of pyridine rings is 1. The zero-order valence-corrected chi connectivity index (χ0v) is 21.6. The number of nitrogens with one attached hydrogen (secondary N) is 1. The molecule has 0 saturated carbocycles. The Morgan fingerprint density at radius 3 is 2.57 bits per heavy atom. The van der Waals surface area contributed by atoms with Crippen molar-refractivity contribution in [1.29, 1.82) is 0 Å². The van der Waals surface area contributed by atoms with Gasteiger partial charge in [0.2, 0.25) is 5.91 Å². The molecule has 3 atom stereocenters. The highest BCUT2D eigenvalue weighted by atomic mass is 35.5. The van der Waals surface area contributed by atoms with E-state index in [1.165, 1.54) is 0 Å². The van der Waals surface area contributed by atoms with E-state index in [1.54, 1.807) is 6.20 Å². The Hall–Kier alpha value is -1.77. The lowest BCUT2D eigenvalue weighted by Gasteiger charge is -2.43. The SMILES string of the molecule is CC1(C)CCC(C(=O)Nc2cc3cc(C4CCN(C5(C)COCC5O)CC4)c(Cl)cc3cn2)CO1. The van der Waals surface area contributed by atoms with Crippen molar-refractivity contribution in [3.05, 3.63) is 35.0 Å². The maximum absolute atomic E-state index is 12.8. The molecule has 3 aliphatic rings. The van der Waals surface area contributed by atoms with E-state index in [2.05, 4.69) is 42.0 Å². The fourth-order valence-corrected chi connectivity index (χ4v) is 5.99. The third-order valence-electron chi connectivity index (χ3n) is 8.27. The highest BCUT2D eigenvalue weighted by Gasteiger charge is 2.45. The topological polar surface area (TPSA) is 83.9 Å². The van der Waals surface area contributed by atoms with Gasteiger partial charge in [0.25, 0.3) is 0 Å². The molecule has 190 valence electrons. The molecule has 0 spiro atoms. The Bertz CT molecular complexity index is 1090. The van der Waals surface area contributed by atoms with Crippen molar-refractivity contribution < 1.29 is 19.4 Å². The first kappa shape index (κ1) is 24.9. The van der Waals surface area contributed by atoms with Crippen LogP contribution < -0.4 is 5.32 Å². The normalized spacial score (nSPS) is 30.0. The van der Waals surface area contributed by atoms with Crippen molar-refractivity contribution in [3.63, 3.8) is 0 Å². The summed E-state index contributed by atoms with van der Waals surface area (Å²) in [4.78, 5) is 19.6. The van der Waals surface area contributed by atoms with Gasteiger partial charge in [-0.05, 0) is 94.6 Å². The zero-order chi connectivity index (χ0) is 24.8. The lowest BCUT2D eigenvalue weighted by molar-refractivity contribution is -0.131. The molecule has 3 saturated heterocycles. The van der Waals surface area contributed by atoms with Crippen LogP contribution in [0.1, 0.15) is 57.9 Å². The number of anilines is 1. The number of piperidine rings is 1. The van der Waals surface area contributed by atoms with Crippen molar-refractivity contribution in [2.24, 2.45) is 5.92 Å². The number of halogens is 1. The summed E-state index contributed by atoms with van der Waals surface area (Å²) in [6, 6.07) is 6.06. The lowest BCUT2D eigenvalue weighted by atomic mass is 9.85. The number of ether oxygens (including phenoxy) is 2. The van der Waals surface area contributed by atoms with Crippen molar-refractivity contribution in [2.75, 3.05) is 38.2 Å². The number of nitrogens with zero attached hydrogens (tertiary/aromatic N) is 2. The first-order chi connectivity index (χ1) is 16.6. The van der Waals surface area contributed by atoms with Gasteiger partial charge in [-0.2, -0.15) is 0 Å². The summed E-state index contributed by atoms with van der Waals surface area (Å²) in [5.74, 6) is 0.705. The number of aliphatic hydroxyl groups excluding tert-OH is 1. The fourth-order valence-electron chi connectivity index (χ4n) is 5.66. The highest BCUT2D eigenvalue weighted by Crippen LogP contribution is 2.38. The Morgan fingerprint density at radius 2 is 1.91 bits per heavy atom. The maximum atomic E-state index is 12.8. The van der Waals surface area contributed by atoms with Crippen LogP contribution in [0.5, 0.6) is 0 Å². The van der Waals surface area contributed by atoms with E-state index < -0.39 is 6.10 Å². The Morgan fingerprint density at radius 1 is 1.14 bits per heavy atom. The average molecular weight is 502 g/mol. The smallest absolute Gasteiger partial charge is 0.230 e. The quantitative estimate of drug-likeness (QED) is 0.647. The number of rotatable bonds is 4. The summed E-state index contributed by atoms with van der Waals surface area (Å²) in [6.07, 6.45) is 4.94. The number of hydrogen-bond acceptors (Lipinski definition) is 6. The molecule has 2 aromatic rings. The third-order valence-corrected chi connectivity index (χ3v) is 8.60. The van der Waals surface area contributed by atoms with Gasteiger partial charge < -0.3 is 19.9 Å². The van der Waals surface area contributed by atoms with E-state index in [0.29, 0.717) is 31.6 Å². The summed E-state index contributed by atoms with van der Waals surface area (Å²) >= 11 is 6.71. The molecule has 3 unspecified atom stereocenters. The lowest BCUT2D eigenvalue weighted by Crippen LogP contribution is -2.56. The summed E-state index contributed by atoms with van der Waals surface area (Å²) in [7, 11) is 0. The van der Waals surface area contributed by atoms with Crippen LogP contribution in [0.15, 0.2) is 24.4 Å².